The number of nitrogens with zero attached hydrogens (tertiary/aromatic N) is 1. The van der Waals surface area contributed by atoms with Crippen molar-refractivity contribution in [3.63, 3.8) is 0 Å². The molecule has 0 radical (unpaired) electrons. The molecule has 28 heavy (non-hydrogen) atoms. The molecule has 0 saturated heterocycles. The molecule has 0 spiro atoms. The number of nitrogens with one attached hydrogen (secondary N) is 2. The molecule has 0 atom stereocenters. The van der Waals surface area contributed by atoms with Crippen LogP contribution in [-0.4, -0.2) is 21.0 Å². The minimum atomic E-state index is -0.597. The van der Waals surface area contributed by atoms with Gasteiger partial charge in [0.2, 0.25) is 0 Å². The third kappa shape index (κ3) is 4.49. The van der Waals surface area contributed by atoms with Crippen LogP contribution in [0.5, 0.6) is 5.75 Å². The van der Waals surface area contributed by atoms with Gasteiger partial charge >= 0.3 is 0 Å². The second-order valence-electron chi connectivity index (χ2n) is 5.81. The van der Waals surface area contributed by atoms with Crippen LogP contribution in [0.25, 0.3) is 11.1 Å². The van der Waals surface area contributed by atoms with Crippen molar-refractivity contribution in [3.05, 3.63) is 88.5 Å². The molecule has 0 aromatic heterocycles. The second-order valence-corrected chi connectivity index (χ2v) is 6.22. The lowest BCUT2D eigenvalue weighted by molar-refractivity contribution is -0.384. The molecule has 3 rings (SSSR count). The van der Waals surface area contributed by atoms with Gasteiger partial charge in [-0.15, -0.1) is 0 Å². The molecule has 1 amide bonds. The number of nitro groups is 1. The molecule has 0 fully saturated rings. The summed E-state index contributed by atoms with van der Waals surface area (Å²) in [6.45, 7) is 0. The first-order chi connectivity index (χ1) is 13.4. The number of carbonyl (C=O) groups excluding carboxylic acids is 1. The maximum absolute atomic E-state index is 12.3. The third-order valence-electron chi connectivity index (χ3n) is 3.92. The predicted octanol–water partition coefficient (Wildman–Crippen LogP) is 4.09. The van der Waals surface area contributed by atoms with Crippen molar-refractivity contribution in [1.29, 1.82) is 0 Å². The third-order valence-corrected chi connectivity index (χ3v) is 4.12. The minimum absolute atomic E-state index is 0.0268. The lowest BCUT2D eigenvalue weighted by Crippen LogP contribution is -2.34. The average Bonchev–Trinajstić information content (AvgIpc) is 2.70. The van der Waals surface area contributed by atoms with E-state index in [1.165, 1.54) is 6.07 Å². The van der Waals surface area contributed by atoms with E-state index >= 15 is 0 Å². The van der Waals surface area contributed by atoms with E-state index in [1.807, 2.05) is 42.5 Å². The molecule has 0 aliphatic rings. The lowest BCUT2D eigenvalue weighted by Gasteiger charge is -2.11. The van der Waals surface area contributed by atoms with Crippen LogP contribution >= 0.6 is 12.2 Å². The molecule has 3 aromatic rings. The smallest absolute Gasteiger partial charge is 0.271 e. The molecule has 0 aliphatic heterocycles. The summed E-state index contributed by atoms with van der Waals surface area (Å²) in [7, 11) is 0. The van der Waals surface area contributed by atoms with E-state index in [9.17, 15) is 20.0 Å². The number of nitro benzene ring substituents is 1. The number of phenolic OH excluding ortho intramolecular Hbond substituents is 1. The van der Waals surface area contributed by atoms with Crippen LogP contribution in [0.1, 0.15) is 10.4 Å². The summed E-state index contributed by atoms with van der Waals surface area (Å²) < 4.78 is 0. The molecule has 3 N–H and O–H groups in total. The Labute approximate surface area is 165 Å². The molecule has 0 heterocycles. The summed E-state index contributed by atoms with van der Waals surface area (Å²) >= 11 is 5.06. The van der Waals surface area contributed by atoms with E-state index in [-0.39, 0.29) is 22.2 Å². The van der Waals surface area contributed by atoms with Gasteiger partial charge in [0.05, 0.1) is 10.6 Å². The summed E-state index contributed by atoms with van der Waals surface area (Å²) in [5.74, 6) is -0.670. The van der Waals surface area contributed by atoms with Crippen LogP contribution in [0.3, 0.4) is 0 Å². The van der Waals surface area contributed by atoms with Gasteiger partial charge in [-0.25, -0.2) is 0 Å². The minimum Gasteiger partial charge on any atom is -0.506 e. The summed E-state index contributed by atoms with van der Waals surface area (Å²) in [5, 5.41) is 25.6. The van der Waals surface area contributed by atoms with Gasteiger partial charge in [-0.05, 0) is 41.5 Å². The maximum atomic E-state index is 12.3. The zero-order valence-electron chi connectivity index (χ0n) is 14.5. The number of hydrogen-bond acceptors (Lipinski definition) is 5. The van der Waals surface area contributed by atoms with E-state index in [4.69, 9.17) is 12.2 Å². The zero-order valence-corrected chi connectivity index (χ0v) is 15.3. The van der Waals surface area contributed by atoms with Gasteiger partial charge in [0, 0.05) is 17.7 Å². The van der Waals surface area contributed by atoms with E-state index < -0.39 is 10.8 Å². The molecule has 7 nitrogen and oxygen atoms in total. The highest BCUT2D eigenvalue weighted by molar-refractivity contribution is 7.80. The van der Waals surface area contributed by atoms with Gasteiger partial charge in [-0.3, -0.25) is 20.2 Å². The predicted molar refractivity (Wildman–Crippen MR) is 110 cm³/mol. The molecular formula is C20H15N3O4S. The normalized spacial score (nSPS) is 10.1. The lowest BCUT2D eigenvalue weighted by atomic mass is 10.0. The number of benzene rings is 3. The quantitative estimate of drug-likeness (QED) is 0.267. The second kappa shape index (κ2) is 8.28. The van der Waals surface area contributed by atoms with Crippen molar-refractivity contribution in [1.82, 2.24) is 5.32 Å². The molecule has 140 valence electrons. The summed E-state index contributed by atoms with van der Waals surface area (Å²) in [5.41, 5.74) is 2.21. The van der Waals surface area contributed by atoms with Gasteiger partial charge in [0.1, 0.15) is 5.75 Å². The van der Waals surface area contributed by atoms with Crippen molar-refractivity contribution in [2.75, 3.05) is 5.32 Å². The number of rotatable bonds is 4. The topological polar surface area (TPSA) is 104 Å². The Morgan fingerprint density at radius 1 is 0.964 bits per heavy atom. The Morgan fingerprint density at radius 2 is 1.61 bits per heavy atom. The van der Waals surface area contributed by atoms with Crippen molar-refractivity contribution in [3.8, 4) is 16.9 Å². The summed E-state index contributed by atoms with van der Waals surface area (Å²) in [4.78, 5) is 22.6. The van der Waals surface area contributed by atoms with E-state index in [0.717, 1.165) is 23.3 Å². The van der Waals surface area contributed by atoms with Gasteiger partial charge in [0.15, 0.2) is 5.11 Å². The highest BCUT2D eigenvalue weighted by atomic mass is 32.1. The van der Waals surface area contributed by atoms with Crippen LogP contribution < -0.4 is 10.6 Å². The SMILES string of the molecule is O=C(NC(=S)Nc1cc([N+](=O)[O-])ccc1O)c1ccc(-c2ccccc2)cc1. The Morgan fingerprint density at radius 3 is 2.25 bits per heavy atom. The maximum Gasteiger partial charge on any atom is 0.271 e. The molecular weight excluding hydrogens is 378 g/mol. The van der Waals surface area contributed by atoms with Gasteiger partial charge in [-0.1, -0.05) is 42.5 Å². The zero-order chi connectivity index (χ0) is 20.1. The molecule has 8 heteroatoms. The Bertz CT molecular complexity index is 1040. The standard InChI is InChI=1S/C20H15N3O4S/c24-18-11-10-16(23(26)27)12-17(18)21-20(28)22-19(25)15-8-6-14(7-9-15)13-4-2-1-3-5-13/h1-12,24H,(H2,21,22,25,28). The number of phenols is 1. The van der Waals surface area contributed by atoms with E-state index in [1.54, 1.807) is 12.1 Å². The molecule has 0 saturated carbocycles. The summed E-state index contributed by atoms with van der Waals surface area (Å²) in [6.07, 6.45) is 0. The van der Waals surface area contributed by atoms with Crippen LogP contribution in [0.15, 0.2) is 72.8 Å². The molecule has 0 unspecified atom stereocenters. The number of hydrogen-bond donors (Lipinski definition) is 3. The number of thiocarbonyl (C=S) groups is 1. The Hall–Kier alpha value is -3.78. The van der Waals surface area contributed by atoms with Crippen molar-refractivity contribution in [2.24, 2.45) is 0 Å². The van der Waals surface area contributed by atoms with Gasteiger partial charge in [0.25, 0.3) is 11.6 Å². The van der Waals surface area contributed by atoms with Crippen LogP contribution in [0, 0.1) is 10.1 Å². The molecule has 0 bridgehead atoms. The molecule has 3 aromatic carbocycles. The average molecular weight is 393 g/mol. The molecule has 0 aliphatic carbocycles. The fraction of sp³-hybridized carbons (Fsp3) is 0. The van der Waals surface area contributed by atoms with Gasteiger partial charge < -0.3 is 10.4 Å². The first kappa shape index (κ1) is 19.0. The van der Waals surface area contributed by atoms with Crippen molar-refractivity contribution in [2.45, 2.75) is 0 Å². The fourth-order valence-corrected chi connectivity index (χ4v) is 2.71. The van der Waals surface area contributed by atoms with E-state index in [0.29, 0.717) is 5.56 Å². The number of non-ortho nitro benzene ring substituents is 1. The first-order valence-corrected chi connectivity index (χ1v) is 8.60. The van der Waals surface area contributed by atoms with Crippen molar-refractivity contribution < 1.29 is 14.8 Å². The van der Waals surface area contributed by atoms with Gasteiger partial charge in [-0.2, -0.15) is 0 Å². The number of carbonyl (C=O) groups is 1. The monoisotopic (exact) mass is 393 g/mol. The highest BCUT2D eigenvalue weighted by Crippen LogP contribution is 2.27. The Balaban J connectivity index is 1.67. The fourth-order valence-electron chi connectivity index (χ4n) is 2.51. The Kier molecular flexibility index (Phi) is 5.61. The summed E-state index contributed by atoms with van der Waals surface area (Å²) in [6, 6.07) is 20.2. The van der Waals surface area contributed by atoms with Crippen LogP contribution in [-0.2, 0) is 0 Å². The number of amides is 1. The first-order valence-electron chi connectivity index (χ1n) is 8.19. The van der Waals surface area contributed by atoms with E-state index in [2.05, 4.69) is 10.6 Å². The van der Waals surface area contributed by atoms with Crippen molar-refractivity contribution >= 4 is 34.6 Å². The van der Waals surface area contributed by atoms with Crippen LogP contribution in [0.2, 0.25) is 0 Å². The number of aromatic hydroxyl groups is 1. The largest absolute Gasteiger partial charge is 0.506 e. The number of anilines is 1. The van der Waals surface area contributed by atoms with Crippen LogP contribution in [0.4, 0.5) is 11.4 Å². The highest BCUT2D eigenvalue weighted by Gasteiger charge is 2.13.